The van der Waals surface area contributed by atoms with Gasteiger partial charge in [0.05, 0.1) is 7.11 Å². The highest BCUT2D eigenvalue weighted by Gasteiger charge is 2.05. The smallest absolute Gasteiger partial charge is 0.122 e. The summed E-state index contributed by atoms with van der Waals surface area (Å²) < 4.78 is 5.23. The topological polar surface area (TPSA) is 47.3 Å². The third kappa shape index (κ3) is 4.19. The van der Waals surface area contributed by atoms with Crippen LogP contribution in [-0.2, 0) is 6.42 Å². The summed E-state index contributed by atoms with van der Waals surface area (Å²) in [5.74, 6) is 0.780. The van der Waals surface area contributed by atoms with Crippen LogP contribution in [0, 0.1) is 0 Å². The fraction of sp³-hybridized carbons (Fsp3) is 0.294. The van der Waals surface area contributed by atoms with Crippen LogP contribution in [-0.4, -0.2) is 13.2 Å². The van der Waals surface area contributed by atoms with Crippen LogP contribution in [0.1, 0.15) is 18.9 Å². The highest BCUT2D eigenvalue weighted by atomic mass is 16.5. The summed E-state index contributed by atoms with van der Waals surface area (Å²) in [6, 6.07) is 16.6. The van der Waals surface area contributed by atoms with Gasteiger partial charge in [-0.25, -0.2) is 0 Å². The number of nitrogens with two attached hydrogens (primary N) is 1. The van der Waals surface area contributed by atoms with E-state index in [1.807, 2.05) is 24.3 Å². The zero-order chi connectivity index (χ0) is 14.4. The first kappa shape index (κ1) is 14.3. The predicted molar refractivity (Wildman–Crippen MR) is 85.3 cm³/mol. The van der Waals surface area contributed by atoms with Gasteiger partial charge in [-0.2, -0.15) is 0 Å². The summed E-state index contributed by atoms with van der Waals surface area (Å²) in [6.07, 6.45) is 2.13. The van der Waals surface area contributed by atoms with Gasteiger partial charge in [0, 0.05) is 29.5 Å². The lowest BCUT2D eigenvalue weighted by Crippen LogP contribution is -2.16. The van der Waals surface area contributed by atoms with E-state index in [4.69, 9.17) is 10.5 Å². The fourth-order valence-electron chi connectivity index (χ4n) is 2.21. The number of ether oxygens (including phenoxy) is 1. The largest absolute Gasteiger partial charge is 0.497 e. The third-order valence-electron chi connectivity index (χ3n) is 3.29. The maximum absolute atomic E-state index is 5.86. The van der Waals surface area contributed by atoms with E-state index in [2.05, 4.69) is 36.5 Å². The van der Waals surface area contributed by atoms with Gasteiger partial charge in [0.25, 0.3) is 0 Å². The van der Waals surface area contributed by atoms with Crippen molar-refractivity contribution in [3.8, 4) is 5.75 Å². The molecule has 3 heteroatoms. The number of nitrogens with one attached hydrogen (secondary N) is 1. The molecule has 0 heterocycles. The Morgan fingerprint density at radius 1 is 1.15 bits per heavy atom. The lowest BCUT2D eigenvalue weighted by Gasteiger charge is -2.16. The monoisotopic (exact) mass is 270 g/mol. The van der Waals surface area contributed by atoms with Crippen molar-refractivity contribution in [2.45, 2.75) is 25.8 Å². The van der Waals surface area contributed by atoms with E-state index in [-0.39, 0.29) is 0 Å². The third-order valence-corrected chi connectivity index (χ3v) is 3.29. The van der Waals surface area contributed by atoms with Crippen LogP contribution in [0.5, 0.6) is 5.75 Å². The van der Waals surface area contributed by atoms with Crippen LogP contribution in [0.25, 0.3) is 0 Å². The molecule has 2 aromatic carbocycles. The quantitative estimate of drug-likeness (QED) is 0.787. The molecule has 3 nitrogen and oxygen atoms in total. The van der Waals surface area contributed by atoms with Crippen LogP contribution in [0.4, 0.5) is 11.4 Å². The molecule has 0 amide bonds. The van der Waals surface area contributed by atoms with Gasteiger partial charge in [-0.1, -0.05) is 30.3 Å². The number of rotatable bonds is 6. The van der Waals surface area contributed by atoms with E-state index in [0.717, 1.165) is 24.3 Å². The molecule has 0 saturated heterocycles. The van der Waals surface area contributed by atoms with Gasteiger partial charge in [0.15, 0.2) is 0 Å². The number of hydrogen-bond acceptors (Lipinski definition) is 3. The Bertz CT molecular complexity index is 540. The second-order valence-electron chi connectivity index (χ2n) is 5.06. The van der Waals surface area contributed by atoms with Gasteiger partial charge >= 0.3 is 0 Å². The summed E-state index contributed by atoms with van der Waals surface area (Å²) >= 11 is 0. The van der Waals surface area contributed by atoms with Crippen molar-refractivity contribution in [3.05, 3.63) is 54.1 Å². The number of benzene rings is 2. The first-order chi connectivity index (χ1) is 9.67. The average molecular weight is 270 g/mol. The van der Waals surface area contributed by atoms with Crippen molar-refractivity contribution < 1.29 is 4.74 Å². The van der Waals surface area contributed by atoms with Crippen molar-refractivity contribution >= 4 is 11.4 Å². The highest BCUT2D eigenvalue weighted by molar-refractivity contribution is 5.59. The van der Waals surface area contributed by atoms with Crippen LogP contribution in [0.2, 0.25) is 0 Å². The molecule has 1 unspecified atom stereocenters. The molecule has 2 aromatic rings. The number of aryl methyl sites for hydroxylation is 1. The molecule has 3 N–H and O–H groups in total. The van der Waals surface area contributed by atoms with Crippen LogP contribution in [0.15, 0.2) is 48.5 Å². The molecule has 0 spiro atoms. The number of nitrogen functional groups attached to an aromatic ring is 1. The van der Waals surface area contributed by atoms with Crippen LogP contribution >= 0.6 is 0 Å². The molecule has 106 valence electrons. The van der Waals surface area contributed by atoms with Gasteiger partial charge < -0.3 is 15.8 Å². The number of methoxy groups -OCH3 is 1. The lowest BCUT2D eigenvalue weighted by atomic mass is 10.1. The molecule has 0 bridgehead atoms. The molecule has 0 aliphatic heterocycles. The number of hydrogen-bond donors (Lipinski definition) is 2. The van der Waals surface area contributed by atoms with E-state index in [0.29, 0.717) is 11.7 Å². The molecular formula is C17H22N2O. The molecule has 0 aliphatic rings. The summed E-state index contributed by atoms with van der Waals surface area (Å²) in [5, 5.41) is 3.47. The van der Waals surface area contributed by atoms with E-state index in [1.54, 1.807) is 7.11 Å². The van der Waals surface area contributed by atoms with E-state index in [1.165, 1.54) is 5.56 Å². The molecular weight excluding hydrogens is 248 g/mol. The Morgan fingerprint density at radius 2 is 1.90 bits per heavy atom. The summed E-state index contributed by atoms with van der Waals surface area (Å²) in [4.78, 5) is 0. The van der Waals surface area contributed by atoms with E-state index in [9.17, 15) is 0 Å². The van der Waals surface area contributed by atoms with Gasteiger partial charge in [-0.3, -0.25) is 0 Å². The second-order valence-corrected chi connectivity index (χ2v) is 5.06. The van der Waals surface area contributed by atoms with Crippen molar-refractivity contribution in [2.75, 3.05) is 18.2 Å². The van der Waals surface area contributed by atoms with Crippen molar-refractivity contribution in [2.24, 2.45) is 0 Å². The molecule has 0 saturated carbocycles. The van der Waals surface area contributed by atoms with Crippen LogP contribution < -0.4 is 15.8 Å². The Hall–Kier alpha value is -2.16. The van der Waals surface area contributed by atoms with Crippen molar-refractivity contribution in [1.82, 2.24) is 0 Å². The number of anilines is 2. The summed E-state index contributed by atoms with van der Waals surface area (Å²) in [6.45, 7) is 2.18. The van der Waals surface area contributed by atoms with Gasteiger partial charge in [-0.05, 0) is 31.4 Å². The molecule has 1 atom stereocenters. The van der Waals surface area contributed by atoms with Gasteiger partial charge in [-0.15, -0.1) is 0 Å². The first-order valence-corrected chi connectivity index (χ1v) is 6.92. The lowest BCUT2D eigenvalue weighted by molar-refractivity contribution is 0.415. The molecule has 0 aliphatic carbocycles. The predicted octanol–water partition coefficient (Wildman–Crippen LogP) is 3.71. The minimum absolute atomic E-state index is 0.377. The van der Waals surface area contributed by atoms with Crippen molar-refractivity contribution in [1.29, 1.82) is 0 Å². The molecule has 0 radical (unpaired) electrons. The summed E-state index contributed by atoms with van der Waals surface area (Å²) in [5.41, 5.74) is 8.94. The molecule has 0 fully saturated rings. The first-order valence-electron chi connectivity index (χ1n) is 6.92. The maximum Gasteiger partial charge on any atom is 0.122 e. The van der Waals surface area contributed by atoms with Crippen LogP contribution in [0.3, 0.4) is 0 Å². The van der Waals surface area contributed by atoms with Gasteiger partial charge in [0.2, 0.25) is 0 Å². The highest BCUT2D eigenvalue weighted by Crippen LogP contribution is 2.23. The Balaban J connectivity index is 1.91. The molecule has 2 rings (SSSR count). The maximum atomic E-state index is 5.86. The zero-order valence-corrected chi connectivity index (χ0v) is 12.1. The standard InChI is InChI=1S/C17H22N2O/c1-13(8-9-14-6-4-3-5-7-14)19-16-10-15(18)11-17(12-16)20-2/h3-7,10-13,19H,8-9,18H2,1-2H3. The minimum atomic E-state index is 0.377. The zero-order valence-electron chi connectivity index (χ0n) is 12.1. The SMILES string of the molecule is COc1cc(N)cc(NC(C)CCc2ccccc2)c1. The van der Waals surface area contributed by atoms with E-state index >= 15 is 0 Å². The molecule has 20 heavy (non-hydrogen) atoms. The Labute approximate surface area is 120 Å². The Kier molecular flexibility index (Phi) is 4.88. The Morgan fingerprint density at radius 3 is 2.60 bits per heavy atom. The average Bonchev–Trinajstić information content (AvgIpc) is 2.45. The fourth-order valence-corrected chi connectivity index (χ4v) is 2.21. The molecule has 0 aromatic heterocycles. The minimum Gasteiger partial charge on any atom is -0.497 e. The normalized spacial score (nSPS) is 11.9. The summed E-state index contributed by atoms with van der Waals surface area (Å²) in [7, 11) is 1.65. The van der Waals surface area contributed by atoms with Crippen molar-refractivity contribution in [3.63, 3.8) is 0 Å². The second kappa shape index (κ2) is 6.85. The van der Waals surface area contributed by atoms with Gasteiger partial charge in [0.1, 0.15) is 5.75 Å². The van der Waals surface area contributed by atoms with E-state index < -0.39 is 0 Å².